The maximum atomic E-state index is 13.5. The van der Waals surface area contributed by atoms with Gasteiger partial charge in [-0.05, 0) is 52.1 Å². The molecule has 0 amide bonds. The molecule has 2 aromatic heterocycles. The molecule has 0 aliphatic carbocycles. The van der Waals surface area contributed by atoms with E-state index in [9.17, 15) is 4.57 Å². The van der Waals surface area contributed by atoms with E-state index in [2.05, 4.69) is 47.4 Å². The van der Waals surface area contributed by atoms with Crippen LogP contribution in [0.25, 0.3) is 11.1 Å². The number of aromatic amines is 1. The first-order valence-electron chi connectivity index (χ1n) is 13.8. The molecule has 2 aromatic carbocycles. The summed E-state index contributed by atoms with van der Waals surface area (Å²) < 4.78 is 24.9. The number of H-pyrrole nitrogens is 1. The van der Waals surface area contributed by atoms with E-state index in [1.54, 1.807) is 52.0 Å². The first kappa shape index (κ1) is 29.9. The Labute approximate surface area is 251 Å². The van der Waals surface area contributed by atoms with Crippen LogP contribution < -0.4 is 25.6 Å². The van der Waals surface area contributed by atoms with Crippen molar-refractivity contribution in [2.24, 2.45) is 9.98 Å². The molecule has 224 valence electrons. The van der Waals surface area contributed by atoms with Crippen LogP contribution in [-0.4, -0.2) is 79.8 Å². The maximum absolute atomic E-state index is 13.5. The standard InChI is InChI=1S/C30H36N9O3P/c1-7-32-27-22(31-3)8-9-23(28(27)43(5,6)40)36-29-19(2)16-33-30(38-29)37-24-14-21(20-17-34-35-18-20)25(15-26(24)41-4)39-10-12-42-13-11-39/h7-9,14-18H,3,10-13H2,1-2,4-6H3,(H,34,35)(H2,33,36,37,38). The number of ether oxygens (including phenoxy) is 2. The minimum Gasteiger partial charge on any atom is -0.494 e. The molecule has 12 nitrogen and oxygen atoms in total. The Morgan fingerprint density at radius 3 is 2.60 bits per heavy atom. The molecule has 4 aromatic rings. The number of hydrogen-bond acceptors (Lipinski definition) is 11. The molecule has 1 aliphatic rings. The smallest absolute Gasteiger partial charge is 0.229 e. The Kier molecular flexibility index (Phi) is 8.89. The maximum Gasteiger partial charge on any atom is 0.229 e. The minimum absolute atomic E-state index is 0.359. The van der Waals surface area contributed by atoms with E-state index in [1.165, 1.54) is 0 Å². The predicted octanol–water partition coefficient (Wildman–Crippen LogP) is 5.81. The first-order chi connectivity index (χ1) is 20.7. The van der Waals surface area contributed by atoms with Gasteiger partial charge in [0.25, 0.3) is 0 Å². The quantitative estimate of drug-likeness (QED) is 0.152. The van der Waals surface area contributed by atoms with E-state index in [4.69, 9.17) is 14.5 Å². The number of anilines is 5. The third-order valence-corrected chi connectivity index (χ3v) is 8.58. The van der Waals surface area contributed by atoms with Gasteiger partial charge in [0.1, 0.15) is 24.4 Å². The number of benzene rings is 2. The lowest BCUT2D eigenvalue weighted by Crippen LogP contribution is -2.36. The second kappa shape index (κ2) is 12.8. The van der Waals surface area contributed by atoms with Gasteiger partial charge in [0.15, 0.2) is 0 Å². The zero-order chi connectivity index (χ0) is 30.6. The van der Waals surface area contributed by atoms with Crippen molar-refractivity contribution in [3.8, 4) is 16.9 Å². The Morgan fingerprint density at radius 1 is 1.16 bits per heavy atom. The topological polar surface area (TPSA) is 142 Å². The lowest BCUT2D eigenvalue weighted by atomic mass is 10.0. The van der Waals surface area contributed by atoms with Crippen molar-refractivity contribution < 1.29 is 14.0 Å². The van der Waals surface area contributed by atoms with Crippen LogP contribution in [-0.2, 0) is 9.30 Å². The van der Waals surface area contributed by atoms with Crippen molar-refractivity contribution >= 4 is 65.6 Å². The molecule has 0 unspecified atom stereocenters. The van der Waals surface area contributed by atoms with Crippen LogP contribution in [0.4, 0.5) is 40.2 Å². The highest BCUT2D eigenvalue weighted by Crippen LogP contribution is 2.46. The van der Waals surface area contributed by atoms with E-state index in [0.717, 1.165) is 35.5 Å². The van der Waals surface area contributed by atoms with Crippen LogP contribution >= 0.6 is 7.14 Å². The van der Waals surface area contributed by atoms with Crippen molar-refractivity contribution in [1.29, 1.82) is 0 Å². The molecule has 1 aliphatic heterocycles. The molecule has 1 saturated heterocycles. The van der Waals surface area contributed by atoms with E-state index >= 15 is 0 Å². The van der Waals surface area contributed by atoms with Crippen molar-refractivity contribution in [2.75, 3.05) is 62.3 Å². The summed E-state index contributed by atoms with van der Waals surface area (Å²) in [5.74, 6) is 1.55. The fourth-order valence-electron chi connectivity index (χ4n) is 5.01. The zero-order valence-corrected chi connectivity index (χ0v) is 25.9. The highest BCUT2D eigenvalue weighted by molar-refractivity contribution is 7.70. The molecule has 0 spiro atoms. The lowest BCUT2D eigenvalue weighted by molar-refractivity contribution is 0.122. The number of aryl methyl sites for hydroxylation is 1. The second-order valence-corrected chi connectivity index (χ2v) is 13.5. The molecule has 43 heavy (non-hydrogen) atoms. The summed E-state index contributed by atoms with van der Waals surface area (Å²) in [6.07, 6.45) is 7.04. The molecular weight excluding hydrogens is 565 g/mol. The summed E-state index contributed by atoms with van der Waals surface area (Å²) in [5, 5.41) is 14.4. The monoisotopic (exact) mass is 601 g/mol. The van der Waals surface area contributed by atoms with Gasteiger partial charge in [-0.15, -0.1) is 0 Å². The van der Waals surface area contributed by atoms with Crippen LogP contribution in [0.1, 0.15) is 12.5 Å². The Morgan fingerprint density at radius 2 is 1.95 bits per heavy atom. The number of hydrogen-bond donors (Lipinski definition) is 3. The molecule has 0 atom stereocenters. The predicted molar refractivity (Wildman–Crippen MR) is 176 cm³/mol. The summed E-state index contributed by atoms with van der Waals surface area (Å²) in [7, 11) is -1.16. The number of rotatable bonds is 10. The van der Waals surface area contributed by atoms with Crippen LogP contribution in [0.5, 0.6) is 5.75 Å². The fourth-order valence-corrected chi connectivity index (χ4v) is 6.40. The normalized spacial score (nSPS) is 13.7. The Hall–Kier alpha value is -4.54. The number of nitrogens with zero attached hydrogens (tertiary/aromatic N) is 6. The van der Waals surface area contributed by atoms with Gasteiger partial charge in [-0.3, -0.25) is 15.1 Å². The average molecular weight is 602 g/mol. The summed E-state index contributed by atoms with van der Waals surface area (Å²) >= 11 is 0. The average Bonchev–Trinajstić information content (AvgIpc) is 3.54. The van der Waals surface area contributed by atoms with Crippen molar-refractivity contribution in [1.82, 2.24) is 20.2 Å². The van der Waals surface area contributed by atoms with E-state index in [0.29, 0.717) is 58.8 Å². The largest absolute Gasteiger partial charge is 0.494 e. The molecule has 0 saturated carbocycles. The van der Waals surface area contributed by atoms with Crippen molar-refractivity contribution in [3.05, 3.63) is 48.4 Å². The number of nitrogens with one attached hydrogen (secondary N) is 3. The van der Waals surface area contributed by atoms with Gasteiger partial charge in [-0.2, -0.15) is 10.1 Å². The van der Waals surface area contributed by atoms with Gasteiger partial charge >= 0.3 is 0 Å². The summed E-state index contributed by atoms with van der Waals surface area (Å²) in [4.78, 5) is 20.2. The van der Waals surface area contributed by atoms with Crippen LogP contribution in [0, 0.1) is 6.92 Å². The van der Waals surface area contributed by atoms with Crippen LogP contribution in [0.3, 0.4) is 0 Å². The molecule has 3 N–H and O–H groups in total. The van der Waals surface area contributed by atoms with Crippen LogP contribution in [0.2, 0.25) is 0 Å². The number of morpholine rings is 1. The fraction of sp³-hybridized carbons (Fsp3) is 0.300. The minimum atomic E-state index is -2.80. The van der Waals surface area contributed by atoms with Gasteiger partial charge < -0.3 is 29.6 Å². The van der Waals surface area contributed by atoms with Gasteiger partial charge in [0, 0.05) is 60.1 Å². The SMILES string of the molecule is C=Nc1ccc(Nc2nc(Nc3cc(-c4cn[nH]c4)c(N4CCOCC4)cc3OC)ncc2C)c(P(C)(C)=O)c1N=CC. The molecule has 0 bridgehead atoms. The number of aliphatic imine (C=N–C) groups is 2. The summed E-state index contributed by atoms with van der Waals surface area (Å²) in [6, 6.07) is 7.65. The van der Waals surface area contributed by atoms with Gasteiger partial charge in [0.05, 0.1) is 48.9 Å². The zero-order valence-electron chi connectivity index (χ0n) is 25.0. The molecular formula is C30H36N9O3P. The van der Waals surface area contributed by atoms with Gasteiger partial charge in [0.2, 0.25) is 5.95 Å². The second-order valence-electron chi connectivity index (χ2n) is 10.4. The summed E-state index contributed by atoms with van der Waals surface area (Å²) in [6.45, 7) is 13.7. The van der Waals surface area contributed by atoms with Gasteiger partial charge in [-0.1, -0.05) is 0 Å². The molecule has 5 rings (SSSR count). The molecule has 0 radical (unpaired) electrons. The van der Waals surface area contributed by atoms with E-state index in [-0.39, 0.29) is 0 Å². The van der Waals surface area contributed by atoms with Gasteiger partial charge in [-0.25, -0.2) is 4.98 Å². The number of methoxy groups -OCH3 is 1. The van der Waals surface area contributed by atoms with Crippen molar-refractivity contribution in [3.63, 3.8) is 0 Å². The molecule has 3 heterocycles. The third-order valence-electron chi connectivity index (χ3n) is 7.05. The Balaban J connectivity index is 1.54. The molecule has 13 heteroatoms. The third kappa shape index (κ3) is 6.45. The number of aromatic nitrogens is 4. The lowest BCUT2D eigenvalue weighted by Gasteiger charge is -2.31. The molecule has 1 fully saturated rings. The highest BCUT2D eigenvalue weighted by Gasteiger charge is 2.24. The van der Waals surface area contributed by atoms with Crippen molar-refractivity contribution in [2.45, 2.75) is 13.8 Å². The highest BCUT2D eigenvalue weighted by atomic mass is 31.2. The first-order valence-corrected chi connectivity index (χ1v) is 16.4. The van der Waals surface area contributed by atoms with E-state index < -0.39 is 7.14 Å². The Bertz CT molecular complexity index is 1690. The van der Waals surface area contributed by atoms with Crippen LogP contribution in [0.15, 0.2) is 52.8 Å². The van der Waals surface area contributed by atoms with E-state index in [1.807, 2.05) is 31.3 Å². The summed E-state index contributed by atoms with van der Waals surface area (Å²) in [5.41, 5.74) is 6.16.